The number of benzene rings is 3. The number of hydrogen-bond acceptors (Lipinski definition) is 6. The van der Waals surface area contributed by atoms with E-state index in [4.69, 9.17) is 5.73 Å². The maximum Gasteiger partial charge on any atom is 0.173 e. The average molecular weight is 435 g/mol. The number of aromatic nitrogens is 1. The molecule has 0 unspecified atom stereocenters. The minimum atomic E-state index is -0.0775. The van der Waals surface area contributed by atoms with Gasteiger partial charge in [0.2, 0.25) is 0 Å². The molecule has 0 aliphatic carbocycles. The monoisotopic (exact) mass is 434 g/mol. The lowest BCUT2D eigenvalue weighted by molar-refractivity contribution is 0.102. The number of anilines is 1. The summed E-state index contributed by atoms with van der Waals surface area (Å²) < 4.78 is 0. The van der Waals surface area contributed by atoms with Gasteiger partial charge in [0.05, 0.1) is 11.3 Å². The molecule has 1 aromatic heterocycles. The number of aryl methyl sites for hydroxylation is 1. The van der Waals surface area contributed by atoms with E-state index in [9.17, 15) is 15.3 Å². The summed E-state index contributed by atoms with van der Waals surface area (Å²) in [6, 6.07) is 25.2. The van der Waals surface area contributed by atoms with Gasteiger partial charge in [0.15, 0.2) is 5.78 Å². The predicted molar refractivity (Wildman–Crippen MR) is 127 cm³/mol. The number of nitrogen functional groups attached to an aromatic ring is 1. The van der Waals surface area contributed by atoms with Gasteiger partial charge in [-0.25, -0.2) is 4.98 Å². The SMILES string of the molecule is Cc1ccc(-c2c(C#N)c(N)nc(SCC(=O)c3ccc4ccccc4c3)c2C#N)cc1. The number of hydrogen-bond donors (Lipinski definition) is 1. The van der Waals surface area contributed by atoms with Gasteiger partial charge < -0.3 is 5.73 Å². The van der Waals surface area contributed by atoms with Gasteiger partial charge in [0.25, 0.3) is 0 Å². The van der Waals surface area contributed by atoms with Crippen LogP contribution < -0.4 is 5.73 Å². The minimum absolute atomic E-state index is 0.0442. The number of nitrogens with zero attached hydrogens (tertiary/aromatic N) is 3. The van der Waals surface area contributed by atoms with Crippen molar-refractivity contribution >= 4 is 34.1 Å². The Morgan fingerprint density at radius 3 is 2.34 bits per heavy atom. The Morgan fingerprint density at radius 1 is 0.969 bits per heavy atom. The molecule has 0 spiro atoms. The molecule has 0 saturated carbocycles. The number of rotatable bonds is 5. The predicted octanol–water partition coefficient (Wildman–Crippen LogP) is 5.51. The van der Waals surface area contributed by atoms with Gasteiger partial charge in [0, 0.05) is 11.1 Å². The Bertz CT molecular complexity index is 1430. The van der Waals surface area contributed by atoms with Crippen molar-refractivity contribution in [2.75, 3.05) is 11.5 Å². The Labute approximate surface area is 190 Å². The van der Waals surface area contributed by atoms with Crippen LogP contribution in [0.4, 0.5) is 5.82 Å². The molecule has 0 aliphatic rings. The summed E-state index contributed by atoms with van der Waals surface area (Å²) in [6.45, 7) is 1.96. The summed E-state index contributed by atoms with van der Waals surface area (Å²) in [5.41, 5.74) is 9.28. The van der Waals surface area contributed by atoms with Crippen LogP contribution in [0.15, 0.2) is 71.8 Å². The highest BCUT2D eigenvalue weighted by Crippen LogP contribution is 2.36. The lowest BCUT2D eigenvalue weighted by Crippen LogP contribution is -2.06. The molecule has 5 nitrogen and oxygen atoms in total. The van der Waals surface area contributed by atoms with Crippen molar-refractivity contribution in [3.8, 4) is 23.3 Å². The van der Waals surface area contributed by atoms with E-state index in [1.807, 2.05) is 67.6 Å². The Hall–Kier alpha value is -4.13. The van der Waals surface area contributed by atoms with Crippen LogP contribution in [-0.4, -0.2) is 16.5 Å². The number of nitriles is 2. The molecule has 1 heterocycles. The Morgan fingerprint density at radius 2 is 1.66 bits per heavy atom. The molecule has 154 valence electrons. The van der Waals surface area contributed by atoms with Crippen LogP contribution in [0, 0.1) is 29.6 Å². The van der Waals surface area contributed by atoms with Crippen LogP contribution in [0.3, 0.4) is 0 Å². The fourth-order valence-electron chi connectivity index (χ4n) is 3.49. The van der Waals surface area contributed by atoms with Crippen molar-refractivity contribution in [1.29, 1.82) is 10.5 Å². The smallest absolute Gasteiger partial charge is 0.173 e. The second-order valence-corrected chi connectivity index (χ2v) is 8.25. The lowest BCUT2D eigenvalue weighted by Gasteiger charge is -2.13. The highest BCUT2D eigenvalue weighted by atomic mass is 32.2. The third-order valence-corrected chi connectivity index (χ3v) is 6.14. The zero-order chi connectivity index (χ0) is 22.7. The molecule has 4 rings (SSSR count). The summed E-state index contributed by atoms with van der Waals surface area (Å²) in [5.74, 6) is 0.0626. The Balaban J connectivity index is 1.69. The second-order valence-electron chi connectivity index (χ2n) is 7.29. The highest BCUT2D eigenvalue weighted by molar-refractivity contribution is 8.00. The number of thioether (sulfide) groups is 1. The van der Waals surface area contributed by atoms with E-state index in [2.05, 4.69) is 17.1 Å². The molecule has 32 heavy (non-hydrogen) atoms. The molecule has 3 aromatic carbocycles. The van der Waals surface area contributed by atoms with Crippen molar-refractivity contribution in [3.63, 3.8) is 0 Å². The zero-order valence-electron chi connectivity index (χ0n) is 17.3. The topological polar surface area (TPSA) is 104 Å². The fraction of sp³-hybridized carbons (Fsp3) is 0.0769. The molecule has 0 atom stereocenters. The second kappa shape index (κ2) is 8.93. The van der Waals surface area contributed by atoms with Crippen LogP contribution in [0.1, 0.15) is 27.0 Å². The highest BCUT2D eigenvalue weighted by Gasteiger charge is 2.21. The number of Topliss-reactive ketones (excluding diaryl/α,β-unsaturated/α-hetero) is 1. The molecule has 0 radical (unpaired) electrons. The van der Waals surface area contributed by atoms with Crippen molar-refractivity contribution in [3.05, 3.63) is 89.0 Å². The average Bonchev–Trinajstić information content (AvgIpc) is 2.82. The molecule has 0 amide bonds. The largest absolute Gasteiger partial charge is 0.383 e. The van der Waals surface area contributed by atoms with E-state index in [1.54, 1.807) is 6.07 Å². The number of nitrogens with two attached hydrogens (primary N) is 1. The molecular formula is C26H18N4OS. The first-order valence-corrected chi connectivity index (χ1v) is 10.9. The van der Waals surface area contributed by atoms with Gasteiger partial charge in [-0.2, -0.15) is 10.5 Å². The van der Waals surface area contributed by atoms with Gasteiger partial charge in [-0.1, -0.05) is 78.0 Å². The Kier molecular flexibility index (Phi) is 5.89. The van der Waals surface area contributed by atoms with Crippen LogP contribution >= 0.6 is 11.8 Å². The fourth-order valence-corrected chi connectivity index (χ4v) is 4.38. The van der Waals surface area contributed by atoms with E-state index in [-0.39, 0.29) is 28.5 Å². The molecule has 4 aromatic rings. The first kappa shape index (κ1) is 21.1. The quantitative estimate of drug-likeness (QED) is 0.328. The number of carbonyl (C=O) groups excluding carboxylic acids is 1. The lowest BCUT2D eigenvalue weighted by atomic mass is 9.96. The number of fused-ring (bicyclic) bond motifs is 1. The van der Waals surface area contributed by atoms with Gasteiger partial charge >= 0.3 is 0 Å². The summed E-state index contributed by atoms with van der Waals surface area (Å²) >= 11 is 1.15. The first-order chi connectivity index (χ1) is 15.5. The molecule has 0 bridgehead atoms. The van der Waals surface area contributed by atoms with Gasteiger partial charge in [-0.15, -0.1) is 0 Å². The summed E-state index contributed by atoms with van der Waals surface area (Å²) in [7, 11) is 0. The van der Waals surface area contributed by atoms with Crippen molar-refractivity contribution in [1.82, 2.24) is 4.98 Å². The van der Waals surface area contributed by atoms with Crippen LogP contribution in [0.25, 0.3) is 21.9 Å². The summed E-state index contributed by atoms with van der Waals surface area (Å²) in [6.07, 6.45) is 0. The van der Waals surface area contributed by atoms with E-state index in [1.165, 1.54) is 0 Å². The molecule has 0 aliphatic heterocycles. The van der Waals surface area contributed by atoms with E-state index in [0.717, 1.165) is 28.1 Å². The van der Waals surface area contributed by atoms with E-state index in [0.29, 0.717) is 21.7 Å². The molecule has 0 saturated heterocycles. The third kappa shape index (κ3) is 4.05. The van der Waals surface area contributed by atoms with E-state index >= 15 is 0 Å². The molecule has 6 heteroatoms. The molecule has 0 fully saturated rings. The number of carbonyl (C=O) groups is 1. The number of pyridine rings is 1. The van der Waals surface area contributed by atoms with Crippen LogP contribution in [0.5, 0.6) is 0 Å². The van der Waals surface area contributed by atoms with Gasteiger partial charge in [-0.3, -0.25) is 4.79 Å². The maximum atomic E-state index is 12.8. The zero-order valence-corrected chi connectivity index (χ0v) is 18.1. The maximum absolute atomic E-state index is 12.8. The molecule has 2 N–H and O–H groups in total. The van der Waals surface area contributed by atoms with E-state index < -0.39 is 0 Å². The van der Waals surface area contributed by atoms with Crippen molar-refractivity contribution in [2.24, 2.45) is 0 Å². The molecular weight excluding hydrogens is 416 g/mol. The van der Waals surface area contributed by atoms with Gasteiger partial charge in [-0.05, 0) is 29.3 Å². The van der Waals surface area contributed by atoms with Crippen molar-refractivity contribution in [2.45, 2.75) is 11.9 Å². The van der Waals surface area contributed by atoms with Crippen LogP contribution in [-0.2, 0) is 0 Å². The van der Waals surface area contributed by atoms with Gasteiger partial charge in [0.1, 0.15) is 28.5 Å². The van der Waals surface area contributed by atoms with Crippen LogP contribution in [0.2, 0.25) is 0 Å². The standard InChI is InChI=1S/C26H18N4OS/c1-16-6-8-18(9-7-16)24-21(13-27)25(29)30-26(22(24)14-28)32-15-23(31)20-11-10-17-4-2-3-5-19(17)12-20/h2-12H,15H2,1H3,(H2,29,30). The first-order valence-electron chi connectivity index (χ1n) is 9.87. The summed E-state index contributed by atoms with van der Waals surface area (Å²) in [4.78, 5) is 17.1. The normalized spacial score (nSPS) is 10.5. The summed E-state index contributed by atoms with van der Waals surface area (Å²) in [5, 5.41) is 21.9. The third-order valence-electron chi connectivity index (χ3n) is 5.17. The number of ketones is 1. The minimum Gasteiger partial charge on any atom is -0.383 e. The van der Waals surface area contributed by atoms with Crippen molar-refractivity contribution < 1.29 is 4.79 Å².